The number of hydrogen-bond donors (Lipinski definition) is 1. The Hall–Kier alpha value is -0.0400. The van der Waals surface area contributed by atoms with Gasteiger partial charge in [-0.1, -0.05) is 32.1 Å². The highest BCUT2D eigenvalue weighted by molar-refractivity contribution is 4.88. The maximum atomic E-state index is 3.90. The van der Waals surface area contributed by atoms with E-state index in [-0.39, 0.29) is 0 Å². The highest BCUT2D eigenvalue weighted by Crippen LogP contribution is 2.43. The predicted molar refractivity (Wildman–Crippen MR) is 73.0 cm³/mol. The van der Waals surface area contributed by atoms with Gasteiger partial charge in [0.25, 0.3) is 0 Å². The molecule has 3 fully saturated rings. The highest BCUT2D eigenvalue weighted by atomic mass is 14.9. The van der Waals surface area contributed by atoms with Gasteiger partial charge >= 0.3 is 0 Å². The lowest BCUT2D eigenvalue weighted by atomic mass is 9.82. The molecule has 0 radical (unpaired) electrons. The molecule has 1 N–H and O–H groups in total. The van der Waals surface area contributed by atoms with E-state index in [0.29, 0.717) is 0 Å². The fourth-order valence-electron chi connectivity index (χ4n) is 4.13. The van der Waals surface area contributed by atoms with Crippen LogP contribution in [-0.2, 0) is 0 Å². The molecule has 3 saturated carbocycles. The van der Waals surface area contributed by atoms with E-state index >= 15 is 0 Å². The third-order valence-corrected chi connectivity index (χ3v) is 5.42. The second kappa shape index (κ2) is 5.73. The van der Waals surface area contributed by atoms with Crippen LogP contribution < -0.4 is 5.32 Å². The van der Waals surface area contributed by atoms with Crippen molar-refractivity contribution < 1.29 is 0 Å². The van der Waals surface area contributed by atoms with E-state index in [0.717, 1.165) is 23.8 Å². The molecular weight excluding hydrogens is 206 g/mol. The van der Waals surface area contributed by atoms with Gasteiger partial charge in [-0.15, -0.1) is 0 Å². The van der Waals surface area contributed by atoms with Crippen molar-refractivity contribution in [2.75, 3.05) is 6.54 Å². The van der Waals surface area contributed by atoms with Crippen molar-refractivity contribution in [1.29, 1.82) is 0 Å². The molecule has 1 heteroatoms. The minimum atomic E-state index is 0.872. The van der Waals surface area contributed by atoms with Gasteiger partial charge < -0.3 is 5.32 Å². The molecule has 3 rings (SSSR count). The largest absolute Gasteiger partial charge is 0.314 e. The minimum Gasteiger partial charge on any atom is -0.314 e. The van der Waals surface area contributed by atoms with Gasteiger partial charge in [0.1, 0.15) is 0 Å². The van der Waals surface area contributed by atoms with Crippen molar-refractivity contribution in [2.24, 2.45) is 17.8 Å². The molecule has 0 aliphatic heterocycles. The Morgan fingerprint density at radius 3 is 2.29 bits per heavy atom. The zero-order valence-electron chi connectivity index (χ0n) is 11.3. The van der Waals surface area contributed by atoms with E-state index in [1.54, 1.807) is 12.8 Å². The van der Waals surface area contributed by atoms with Crippen LogP contribution in [0.5, 0.6) is 0 Å². The molecule has 0 spiro atoms. The van der Waals surface area contributed by atoms with Crippen LogP contribution in [0.4, 0.5) is 0 Å². The number of rotatable bonds is 4. The summed E-state index contributed by atoms with van der Waals surface area (Å²) < 4.78 is 0. The third-order valence-electron chi connectivity index (χ3n) is 5.42. The first-order chi connectivity index (χ1) is 8.42. The summed E-state index contributed by atoms with van der Waals surface area (Å²) in [5.74, 6) is 3.23. The van der Waals surface area contributed by atoms with Crippen LogP contribution in [-0.4, -0.2) is 12.6 Å². The van der Waals surface area contributed by atoms with Gasteiger partial charge in [-0.05, 0) is 62.8 Å². The maximum Gasteiger partial charge on any atom is 0.00699 e. The van der Waals surface area contributed by atoms with Crippen LogP contribution in [0.1, 0.15) is 70.6 Å². The summed E-state index contributed by atoms with van der Waals surface area (Å²) >= 11 is 0. The molecule has 3 aliphatic carbocycles. The van der Waals surface area contributed by atoms with E-state index in [9.17, 15) is 0 Å². The average molecular weight is 235 g/mol. The molecule has 0 heterocycles. The van der Waals surface area contributed by atoms with E-state index < -0.39 is 0 Å². The van der Waals surface area contributed by atoms with E-state index in [1.165, 1.54) is 64.3 Å². The summed E-state index contributed by atoms with van der Waals surface area (Å²) in [4.78, 5) is 0. The van der Waals surface area contributed by atoms with Gasteiger partial charge in [0.15, 0.2) is 0 Å². The molecule has 0 aromatic carbocycles. The Balaban J connectivity index is 1.38. The maximum absolute atomic E-state index is 3.90. The highest BCUT2D eigenvalue weighted by Gasteiger charge is 2.34. The Morgan fingerprint density at radius 1 is 0.706 bits per heavy atom. The standard InChI is InChI=1S/C16H29N/c1-2-5-13(6-3-1)12-17-16-8-4-7-15(11-16)14-9-10-14/h13-17H,1-12H2. The van der Waals surface area contributed by atoms with E-state index in [1.807, 2.05) is 0 Å². The summed E-state index contributed by atoms with van der Waals surface area (Å²) in [5.41, 5.74) is 0. The molecule has 0 aromatic rings. The summed E-state index contributed by atoms with van der Waals surface area (Å²) in [6, 6.07) is 0.872. The lowest BCUT2D eigenvalue weighted by Gasteiger charge is -2.32. The fraction of sp³-hybridized carbons (Fsp3) is 1.00. The quantitative estimate of drug-likeness (QED) is 0.772. The van der Waals surface area contributed by atoms with Crippen molar-refractivity contribution in [3.63, 3.8) is 0 Å². The fourth-order valence-corrected chi connectivity index (χ4v) is 4.13. The van der Waals surface area contributed by atoms with Gasteiger partial charge in [-0.25, -0.2) is 0 Å². The van der Waals surface area contributed by atoms with Crippen molar-refractivity contribution in [3.8, 4) is 0 Å². The minimum absolute atomic E-state index is 0.872. The SMILES string of the molecule is C1CCC(CNC2CCCC(C3CC3)C2)CC1. The van der Waals surface area contributed by atoms with Gasteiger partial charge in [0.2, 0.25) is 0 Å². The molecule has 0 bridgehead atoms. The van der Waals surface area contributed by atoms with Crippen molar-refractivity contribution in [1.82, 2.24) is 5.32 Å². The average Bonchev–Trinajstić information content (AvgIpc) is 3.22. The van der Waals surface area contributed by atoms with Crippen LogP contribution in [0.15, 0.2) is 0 Å². The van der Waals surface area contributed by atoms with Crippen LogP contribution in [0.3, 0.4) is 0 Å². The van der Waals surface area contributed by atoms with E-state index in [4.69, 9.17) is 0 Å². The predicted octanol–water partition coefficient (Wildman–Crippen LogP) is 4.13. The van der Waals surface area contributed by atoms with Crippen molar-refractivity contribution >= 4 is 0 Å². The molecule has 0 aromatic heterocycles. The van der Waals surface area contributed by atoms with Gasteiger partial charge in [0.05, 0.1) is 0 Å². The molecule has 2 unspecified atom stereocenters. The second-order valence-electron chi connectivity index (χ2n) is 6.87. The van der Waals surface area contributed by atoms with Gasteiger partial charge in [-0.3, -0.25) is 0 Å². The summed E-state index contributed by atoms with van der Waals surface area (Å²) in [5, 5.41) is 3.90. The number of nitrogens with one attached hydrogen (secondary N) is 1. The van der Waals surface area contributed by atoms with Crippen LogP contribution in [0.25, 0.3) is 0 Å². The second-order valence-corrected chi connectivity index (χ2v) is 6.87. The smallest absolute Gasteiger partial charge is 0.00699 e. The molecule has 1 nitrogen and oxygen atoms in total. The number of hydrogen-bond acceptors (Lipinski definition) is 1. The Labute approximate surface area is 107 Å². The first-order valence-electron chi connectivity index (χ1n) is 8.15. The Kier molecular flexibility index (Phi) is 4.05. The summed E-state index contributed by atoms with van der Waals surface area (Å²) in [6.07, 6.45) is 16.5. The normalized spacial score (nSPS) is 36.0. The van der Waals surface area contributed by atoms with Gasteiger partial charge in [0, 0.05) is 6.04 Å². The molecule has 3 aliphatic rings. The topological polar surface area (TPSA) is 12.0 Å². The first-order valence-corrected chi connectivity index (χ1v) is 8.15. The molecular formula is C16H29N. The molecule has 0 amide bonds. The Morgan fingerprint density at radius 2 is 1.53 bits per heavy atom. The zero-order valence-corrected chi connectivity index (χ0v) is 11.3. The molecule has 17 heavy (non-hydrogen) atoms. The van der Waals surface area contributed by atoms with Crippen molar-refractivity contribution in [2.45, 2.75) is 76.7 Å². The summed E-state index contributed by atoms with van der Waals surface area (Å²) in [7, 11) is 0. The van der Waals surface area contributed by atoms with Crippen LogP contribution >= 0.6 is 0 Å². The van der Waals surface area contributed by atoms with Crippen LogP contribution in [0.2, 0.25) is 0 Å². The lowest BCUT2D eigenvalue weighted by Crippen LogP contribution is -2.38. The monoisotopic (exact) mass is 235 g/mol. The Bertz CT molecular complexity index is 228. The molecule has 98 valence electrons. The van der Waals surface area contributed by atoms with E-state index in [2.05, 4.69) is 5.32 Å². The zero-order chi connectivity index (χ0) is 11.5. The first kappa shape index (κ1) is 12.0. The van der Waals surface area contributed by atoms with Gasteiger partial charge in [-0.2, -0.15) is 0 Å². The van der Waals surface area contributed by atoms with Crippen molar-refractivity contribution in [3.05, 3.63) is 0 Å². The molecule has 0 saturated heterocycles. The summed E-state index contributed by atoms with van der Waals surface area (Å²) in [6.45, 7) is 1.32. The van der Waals surface area contributed by atoms with Crippen LogP contribution in [0, 0.1) is 17.8 Å². The lowest BCUT2D eigenvalue weighted by molar-refractivity contribution is 0.242. The third kappa shape index (κ3) is 3.47. The molecule has 2 atom stereocenters.